The van der Waals surface area contributed by atoms with Crippen LogP contribution in [0.4, 0.5) is 0 Å². The van der Waals surface area contributed by atoms with E-state index >= 15 is 0 Å². The van der Waals surface area contributed by atoms with Crippen LogP contribution < -0.4 is 5.32 Å². The van der Waals surface area contributed by atoms with E-state index in [4.69, 9.17) is 0 Å². The van der Waals surface area contributed by atoms with Crippen molar-refractivity contribution in [1.82, 2.24) is 14.9 Å². The van der Waals surface area contributed by atoms with Gasteiger partial charge in [0.25, 0.3) is 0 Å². The molecule has 0 amide bonds. The van der Waals surface area contributed by atoms with Crippen molar-refractivity contribution in [3.8, 4) is 0 Å². The van der Waals surface area contributed by atoms with E-state index in [0.29, 0.717) is 0 Å². The van der Waals surface area contributed by atoms with Crippen molar-refractivity contribution in [2.45, 2.75) is 58.5 Å². The molecule has 0 bridgehead atoms. The van der Waals surface area contributed by atoms with E-state index in [1.807, 2.05) is 18.7 Å². The summed E-state index contributed by atoms with van der Waals surface area (Å²) in [7, 11) is 0. The molecule has 2 rings (SSSR count). The lowest BCUT2D eigenvalue weighted by Gasteiger charge is -2.19. The van der Waals surface area contributed by atoms with Crippen molar-refractivity contribution >= 4 is 0 Å². The first-order chi connectivity index (χ1) is 8.75. The van der Waals surface area contributed by atoms with Crippen molar-refractivity contribution in [1.29, 1.82) is 0 Å². The third-order valence-corrected chi connectivity index (χ3v) is 4.32. The van der Waals surface area contributed by atoms with Gasteiger partial charge in [-0.25, -0.2) is 4.98 Å². The van der Waals surface area contributed by atoms with Crippen molar-refractivity contribution in [2.75, 3.05) is 6.54 Å². The molecule has 2 atom stereocenters. The largest absolute Gasteiger partial charge is 0.336 e. The molecular weight excluding hydrogens is 222 g/mol. The van der Waals surface area contributed by atoms with E-state index in [9.17, 15) is 0 Å². The Bertz CT molecular complexity index is 318. The minimum absolute atomic E-state index is 0.734. The first kappa shape index (κ1) is 13.6. The first-order valence-corrected chi connectivity index (χ1v) is 7.45. The second-order valence-corrected chi connectivity index (χ2v) is 5.96. The highest BCUT2D eigenvalue weighted by Gasteiger charge is 2.20. The van der Waals surface area contributed by atoms with E-state index in [1.165, 1.54) is 32.1 Å². The van der Waals surface area contributed by atoms with Crippen LogP contribution >= 0.6 is 0 Å². The SMILES string of the molecule is CC(C)C1CCCC(NCCn2ccnc2)CC1. The maximum Gasteiger partial charge on any atom is 0.0946 e. The lowest BCUT2D eigenvalue weighted by atomic mass is 9.89. The molecule has 18 heavy (non-hydrogen) atoms. The summed E-state index contributed by atoms with van der Waals surface area (Å²) in [6.07, 6.45) is 12.7. The summed E-state index contributed by atoms with van der Waals surface area (Å²) in [6, 6.07) is 0.734. The molecule has 1 fully saturated rings. The summed E-state index contributed by atoms with van der Waals surface area (Å²) in [6.45, 7) is 6.84. The van der Waals surface area contributed by atoms with Crippen molar-refractivity contribution in [3.05, 3.63) is 18.7 Å². The number of nitrogens with one attached hydrogen (secondary N) is 1. The van der Waals surface area contributed by atoms with Crippen LogP contribution in [0.25, 0.3) is 0 Å². The van der Waals surface area contributed by atoms with Crippen LogP contribution in [0.1, 0.15) is 46.0 Å². The van der Waals surface area contributed by atoms with Gasteiger partial charge in [-0.05, 0) is 31.1 Å². The second-order valence-electron chi connectivity index (χ2n) is 5.96. The molecule has 1 aromatic heterocycles. The fourth-order valence-electron chi connectivity index (χ4n) is 3.02. The fraction of sp³-hybridized carbons (Fsp3) is 0.800. The van der Waals surface area contributed by atoms with Gasteiger partial charge >= 0.3 is 0 Å². The minimum atomic E-state index is 0.734. The average molecular weight is 249 g/mol. The highest BCUT2D eigenvalue weighted by Crippen LogP contribution is 2.28. The molecular formula is C15H27N3. The summed E-state index contributed by atoms with van der Waals surface area (Å²) in [5.41, 5.74) is 0. The van der Waals surface area contributed by atoms with Crippen LogP contribution in [0.2, 0.25) is 0 Å². The molecule has 1 saturated carbocycles. The Balaban J connectivity index is 1.67. The van der Waals surface area contributed by atoms with Gasteiger partial charge in [0.2, 0.25) is 0 Å². The molecule has 0 spiro atoms. The van der Waals surface area contributed by atoms with Gasteiger partial charge in [0.1, 0.15) is 0 Å². The van der Waals surface area contributed by atoms with Gasteiger partial charge in [-0.15, -0.1) is 0 Å². The zero-order valence-electron chi connectivity index (χ0n) is 11.8. The molecule has 1 N–H and O–H groups in total. The normalized spacial score (nSPS) is 25.3. The molecule has 1 aromatic rings. The Labute approximate surface area is 111 Å². The quantitative estimate of drug-likeness (QED) is 0.813. The Morgan fingerprint density at radius 2 is 2.17 bits per heavy atom. The summed E-state index contributed by atoms with van der Waals surface area (Å²) < 4.78 is 2.14. The molecule has 2 unspecified atom stereocenters. The predicted molar refractivity (Wildman–Crippen MR) is 75.4 cm³/mol. The van der Waals surface area contributed by atoms with Gasteiger partial charge in [-0.1, -0.05) is 26.7 Å². The molecule has 0 aromatic carbocycles. The third kappa shape index (κ3) is 4.13. The summed E-state index contributed by atoms with van der Waals surface area (Å²) >= 11 is 0. The van der Waals surface area contributed by atoms with E-state index in [-0.39, 0.29) is 0 Å². The van der Waals surface area contributed by atoms with Gasteiger partial charge in [0, 0.05) is 31.5 Å². The van der Waals surface area contributed by atoms with Gasteiger partial charge in [-0.2, -0.15) is 0 Å². The third-order valence-electron chi connectivity index (χ3n) is 4.32. The van der Waals surface area contributed by atoms with Crippen LogP contribution in [0.5, 0.6) is 0 Å². The molecule has 102 valence electrons. The molecule has 3 heteroatoms. The lowest BCUT2D eigenvalue weighted by Crippen LogP contribution is -2.31. The summed E-state index contributed by atoms with van der Waals surface area (Å²) in [4.78, 5) is 4.07. The first-order valence-electron chi connectivity index (χ1n) is 7.45. The second kappa shape index (κ2) is 6.93. The molecule has 0 radical (unpaired) electrons. The van der Waals surface area contributed by atoms with Crippen LogP contribution in [-0.2, 0) is 6.54 Å². The highest BCUT2D eigenvalue weighted by atomic mass is 15.0. The topological polar surface area (TPSA) is 29.9 Å². The van der Waals surface area contributed by atoms with Gasteiger partial charge in [0.15, 0.2) is 0 Å². The molecule has 1 heterocycles. The van der Waals surface area contributed by atoms with E-state index in [1.54, 1.807) is 0 Å². The molecule has 1 aliphatic rings. The summed E-state index contributed by atoms with van der Waals surface area (Å²) in [5, 5.41) is 3.71. The predicted octanol–water partition coefficient (Wildman–Crippen LogP) is 3.08. The minimum Gasteiger partial charge on any atom is -0.336 e. The van der Waals surface area contributed by atoms with Crippen LogP contribution in [0, 0.1) is 11.8 Å². The zero-order chi connectivity index (χ0) is 12.8. The Morgan fingerprint density at radius 1 is 1.28 bits per heavy atom. The number of hydrogen-bond acceptors (Lipinski definition) is 2. The number of hydrogen-bond donors (Lipinski definition) is 1. The number of nitrogens with zero attached hydrogens (tertiary/aromatic N) is 2. The van der Waals surface area contributed by atoms with Gasteiger partial charge in [-0.3, -0.25) is 0 Å². The van der Waals surface area contributed by atoms with Crippen molar-refractivity contribution < 1.29 is 0 Å². The molecule has 1 aliphatic carbocycles. The number of aromatic nitrogens is 2. The van der Waals surface area contributed by atoms with Crippen molar-refractivity contribution in [2.24, 2.45) is 11.8 Å². The molecule has 3 nitrogen and oxygen atoms in total. The highest BCUT2D eigenvalue weighted by molar-refractivity contribution is 4.78. The number of rotatable bonds is 5. The van der Waals surface area contributed by atoms with Gasteiger partial charge in [0.05, 0.1) is 6.33 Å². The smallest absolute Gasteiger partial charge is 0.0946 e. The van der Waals surface area contributed by atoms with E-state index in [0.717, 1.165) is 31.0 Å². The molecule has 0 saturated heterocycles. The maximum absolute atomic E-state index is 4.07. The van der Waals surface area contributed by atoms with Crippen LogP contribution in [-0.4, -0.2) is 22.1 Å². The van der Waals surface area contributed by atoms with Crippen LogP contribution in [0.3, 0.4) is 0 Å². The fourth-order valence-corrected chi connectivity index (χ4v) is 3.02. The Hall–Kier alpha value is -0.830. The maximum atomic E-state index is 4.07. The van der Waals surface area contributed by atoms with Gasteiger partial charge < -0.3 is 9.88 Å². The average Bonchev–Trinajstić information content (AvgIpc) is 2.73. The Kier molecular flexibility index (Phi) is 5.24. The lowest BCUT2D eigenvalue weighted by molar-refractivity contribution is 0.337. The van der Waals surface area contributed by atoms with Crippen LogP contribution in [0.15, 0.2) is 18.7 Å². The summed E-state index contributed by atoms with van der Waals surface area (Å²) in [5.74, 6) is 1.81. The monoisotopic (exact) mass is 249 g/mol. The number of imidazole rings is 1. The van der Waals surface area contributed by atoms with E-state index < -0.39 is 0 Å². The molecule has 0 aliphatic heterocycles. The van der Waals surface area contributed by atoms with Crippen molar-refractivity contribution in [3.63, 3.8) is 0 Å². The standard InChI is InChI=1S/C15H27N3/c1-13(2)14-4-3-5-15(7-6-14)17-9-11-18-10-8-16-12-18/h8,10,12-15,17H,3-7,9,11H2,1-2H3. The zero-order valence-corrected chi connectivity index (χ0v) is 11.8. The Morgan fingerprint density at radius 3 is 2.89 bits per heavy atom. The van der Waals surface area contributed by atoms with E-state index in [2.05, 4.69) is 28.7 Å².